The standard InChI is InChI=1S/C18H22N2O3/c1-9-10(2)12(4)16(13(5)11(9)3)17(21)19-14-7-15(18(22)23)20(6)8-14/h7-8H,1-6H3,(H,19,21)(H,22,23). The van der Waals surface area contributed by atoms with Crippen molar-refractivity contribution in [3.63, 3.8) is 0 Å². The van der Waals surface area contributed by atoms with E-state index in [2.05, 4.69) is 12.2 Å². The summed E-state index contributed by atoms with van der Waals surface area (Å²) in [5.41, 5.74) is 6.59. The van der Waals surface area contributed by atoms with Crippen molar-refractivity contribution in [2.75, 3.05) is 5.32 Å². The van der Waals surface area contributed by atoms with Gasteiger partial charge in [0.1, 0.15) is 5.69 Å². The first-order valence-electron chi connectivity index (χ1n) is 7.43. The van der Waals surface area contributed by atoms with Gasteiger partial charge in [-0.15, -0.1) is 0 Å². The molecule has 2 N–H and O–H groups in total. The largest absolute Gasteiger partial charge is 0.477 e. The monoisotopic (exact) mass is 314 g/mol. The Kier molecular flexibility index (Phi) is 4.32. The van der Waals surface area contributed by atoms with E-state index in [4.69, 9.17) is 5.11 Å². The number of nitrogens with zero attached hydrogens (tertiary/aromatic N) is 1. The summed E-state index contributed by atoms with van der Waals surface area (Å²) in [6, 6.07) is 1.46. The maximum absolute atomic E-state index is 12.7. The summed E-state index contributed by atoms with van der Waals surface area (Å²) in [5.74, 6) is -1.24. The molecule has 1 heterocycles. The number of nitrogens with one attached hydrogen (secondary N) is 1. The van der Waals surface area contributed by atoms with Gasteiger partial charge in [-0.3, -0.25) is 4.79 Å². The lowest BCUT2D eigenvalue weighted by Gasteiger charge is -2.18. The highest BCUT2D eigenvalue weighted by Gasteiger charge is 2.19. The minimum atomic E-state index is -1.03. The van der Waals surface area contributed by atoms with Gasteiger partial charge in [0.15, 0.2) is 0 Å². The van der Waals surface area contributed by atoms with Crippen LogP contribution in [-0.2, 0) is 7.05 Å². The molecule has 2 rings (SSSR count). The zero-order valence-electron chi connectivity index (χ0n) is 14.4. The van der Waals surface area contributed by atoms with Crippen LogP contribution in [-0.4, -0.2) is 21.6 Å². The van der Waals surface area contributed by atoms with Crippen molar-refractivity contribution >= 4 is 17.6 Å². The Morgan fingerprint density at radius 1 is 0.957 bits per heavy atom. The molecule has 5 heteroatoms. The van der Waals surface area contributed by atoms with Crippen LogP contribution in [0, 0.1) is 34.6 Å². The quantitative estimate of drug-likeness (QED) is 0.910. The van der Waals surface area contributed by atoms with E-state index in [0.29, 0.717) is 11.3 Å². The third kappa shape index (κ3) is 2.86. The minimum absolute atomic E-state index is 0.130. The summed E-state index contributed by atoms with van der Waals surface area (Å²) in [7, 11) is 1.63. The minimum Gasteiger partial charge on any atom is -0.477 e. The lowest BCUT2D eigenvalue weighted by molar-refractivity contribution is 0.0686. The number of carbonyl (C=O) groups is 2. The van der Waals surface area contributed by atoms with Crippen molar-refractivity contribution in [2.45, 2.75) is 34.6 Å². The number of carbonyl (C=O) groups excluding carboxylic acids is 1. The molecule has 1 aromatic carbocycles. The Morgan fingerprint density at radius 3 is 1.87 bits per heavy atom. The number of rotatable bonds is 3. The second-order valence-electron chi connectivity index (χ2n) is 5.98. The summed E-state index contributed by atoms with van der Waals surface area (Å²) in [5, 5.41) is 11.9. The van der Waals surface area contributed by atoms with E-state index in [9.17, 15) is 9.59 Å². The highest BCUT2D eigenvalue weighted by Crippen LogP contribution is 2.27. The molecule has 0 saturated heterocycles. The van der Waals surface area contributed by atoms with Crippen molar-refractivity contribution in [3.05, 3.63) is 51.3 Å². The molecule has 0 aliphatic rings. The summed E-state index contributed by atoms with van der Waals surface area (Å²) in [6.07, 6.45) is 1.60. The van der Waals surface area contributed by atoms with Crippen molar-refractivity contribution in [2.24, 2.45) is 7.05 Å². The van der Waals surface area contributed by atoms with Crippen LogP contribution in [0.3, 0.4) is 0 Å². The first-order valence-corrected chi connectivity index (χ1v) is 7.43. The van der Waals surface area contributed by atoms with Gasteiger partial charge in [-0.1, -0.05) is 0 Å². The van der Waals surface area contributed by atoms with E-state index in [1.807, 2.05) is 27.7 Å². The predicted octanol–water partition coefficient (Wildman–Crippen LogP) is 3.52. The normalized spacial score (nSPS) is 10.7. The van der Waals surface area contributed by atoms with Crippen LogP contribution < -0.4 is 5.32 Å². The maximum atomic E-state index is 12.7. The Hall–Kier alpha value is -2.56. The molecule has 0 bridgehead atoms. The lowest BCUT2D eigenvalue weighted by atomic mass is 9.89. The van der Waals surface area contributed by atoms with Crippen molar-refractivity contribution in [3.8, 4) is 0 Å². The zero-order chi connectivity index (χ0) is 17.5. The van der Waals surface area contributed by atoms with Gasteiger partial charge in [-0.2, -0.15) is 0 Å². The molecular weight excluding hydrogens is 292 g/mol. The van der Waals surface area contributed by atoms with E-state index < -0.39 is 5.97 Å². The molecular formula is C18H22N2O3. The molecule has 0 saturated carbocycles. The van der Waals surface area contributed by atoms with Gasteiger partial charge in [-0.25, -0.2) is 4.79 Å². The number of carboxylic acids is 1. The smallest absolute Gasteiger partial charge is 0.352 e. The maximum Gasteiger partial charge on any atom is 0.352 e. The van der Waals surface area contributed by atoms with Crippen LogP contribution in [0.5, 0.6) is 0 Å². The van der Waals surface area contributed by atoms with Crippen LogP contribution in [0.4, 0.5) is 5.69 Å². The Labute approximate surface area is 135 Å². The fourth-order valence-electron chi connectivity index (χ4n) is 2.88. The summed E-state index contributed by atoms with van der Waals surface area (Å²) in [4.78, 5) is 23.8. The van der Waals surface area contributed by atoms with Crippen LogP contribution in [0.25, 0.3) is 0 Å². The number of benzene rings is 1. The molecule has 0 aliphatic carbocycles. The number of hydrogen-bond donors (Lipinski definition) is 2. The molecule has 1 aromatic heterocycles. The molecule has 0 spiro atoms. The SMILES string of the molecule is Cc1c(C)c(C)c(C(=O)Nc2cc(C(=O)O)n(C)c2)c(C)c1C. The molecule has 0 unspecified atom stereocenters. The van der Waals surface area contributed by atoms with Crippen molar-refractivity contribution in [1.29, 1.82) is 0 Å². The van der Waals surface area contributed by atoms with Crippen molar-refractivity contribution < 1.29 is 14.7 Å². The zero-order valence-corrected chi connectivity index (χ0v) is 14.4. The van der Waals surface area contributed by atoms with Crippen LogP contribution >= 0.6 is 0 Å². The average Bonchev–Trinajstić information content (AvgIpc) is 2.84. The topological polar surface area (TPSA) is 71.3 Å². The third-order valence-electron chi connectivity index (χ3n) is 4.71. The van der Waals surface area contributed by atoms with E-state index in [1.165, 1.54) is 16.2 Å². The number of anilines is 1. The Bertz CT molecular complexity index is 787. The molecule has 1 amide bonds. The molecule has 0 aliphatic heterocycles. The summed E-state index contributed by atoms with van der Waals surface area (Å²) < 4.78 is 1.48. The molecule has 0 radical (unpaired) electrons. The highest BCUT2D eigenvalue weighted by molar-refractivity contribution is 6.07. The van der Waals surface area contributed by atoms with Gasteiger partial charge >= 0.3 is 5.97 Å². The van der Waals surface area contributed by atoms with Gasteiger partial charge in [0.2, 0.25) is 0 Å². The Balaban J connectivity index is 2.43. The second kappa shape index (κ2) is 5.91. The van der Waals surface area contributed by atoms with E-state index in [1.54, 1.807) is 13.2 Å². The van der Waals surface area contributed by atoms with E-state index in [-0.39, 0.29) is 11.6 Å². The number of aromatic nitrogens is 1. The van der Waals surface area contributed by atoms with E-state index in [0.717, 1.165) is 22.3 Å². The fraction of sp³-hybridized carbons (Fsp3) is 0.333. The predicted molar refractivity (Wildman–Crippen MR) is 90.5 cm³/mol. The summed E-state index contributed by atoms with van der Waals surface area (Å²) >= 11 is 0. The molecule has 5 nitrogen and oxygen atoms in total. The first-order chi connectivity index (χ1) is 10.6. The molecule has 0 fully saturated rings. The second-order valence-corrected chi connectivity index (χ2v) is 5.98. The number of hydrogen-bond acceptors (Lipinski definition) is 2. The molecule has 23 heavy (non-hydrogen) atoms. The van der Waals surface area contributed by atoms with Crippen molar-refractivity contribution in [1.82, 2.24) is 4.57 Å². The number of carboxylic acid groups (broad SMARTS) is 1. The molecule has 0 atom stereocenters. The Morgan fingerprint density at radius 2 is 1.43 bits per heavy atom. The van der Waals surface area contributed by atoms with Gasteiger partial charge in [0, 0.05) is 18.8 Å². The lowest BCUT2D eigenvalue weighted by Crippen LogP contribution is -2.17. The molecule has 2 aromatic rings. The fourth-order valence-corrected chi connectivity index (χ4v) is 2.88. The number of aryl methyl sites for hydroxylation is 1. The van der Waals surface area contributed by atoms with Gasteiger partial charge < -0.3 is 15.0 Å². The molecule has 122 valence electrons. The van der Waals surface area contributed by atoms with E-state index >= 15 is 0 Å². The van der Waals surface area contributed by atoms with Crippen LogP contribution in [0.15, 0.2) is 12.3 Å². The number of aromatic carboxylic acids is 1. The van der Waals surface area contributed by atoms with Gasteiger partial charge in [0.05, 0.1) is 5.69 Å². The van der Waals surface area contributed by atoms with Gasteiger partial charge in [-0.05, 0) is 68.5 Å². The highest BCUT2D eigenvalue weighted by atomic mass is 16.4. The summed E-state index contributed by atoms with van der Waals surface area (Å²) in [6.45, 7) is 9.97. The van der Waals surface area contributed by atoms with Crippen LogP contribution in [0.1, 0.15) is 48.7 Å². The average molecular weight is 314 g/mol. The number of amides is 1. The van der Waals surface area contributed by atoms with Crippen LogP contribution in [0.2, 0.25) is 0 Å². The third-order valence-corrected chi connectivity index (χ3v) is 4.71. The first kappa shape index (κ1) is 16.8. The van der Waals surface area contributed by atoms with Gasteiger partial charge in [0.25, 0.3) is 5.91 Å².